The summed E-state index contributed by atoms with van der Waals surface area (Å²) in [5, 5.41) is 4.20. The van der Waals surface area contributed by atoms with Gasteiger partial charge in [-0.15, -0.1) is 0 Å². The predicted octanol–water partition coefficient (Wildman–Crippen LogP) is 1.36. The van der Waals surface area contributed by atoms with Gasteiger partial charge in [0.15, 0.2) is 0 Å². The van der Waals surface area contributed by atoms with Gasteiger partial charge in [0.2, 0.25) is 0 Å². The van der Waals surface area contributed by atoms with Crippen molar-refractivity contribution < 1.29 is 4.74 Å². The van der Waals surface area contributed by atoms with E-state index in [0.717, 1.165) is 44.6 Å². The average molecular weight is 359 g/mol. The van der Waals surface area contributed by atoms with Crippen molar-refractivity contribution in [3.8, 4) is 0 Å². The molecule has 1 aromatic heterocycles. The first-order valence-electron chi connectivity index (χ1n) is 7.49. The molecule has 0 aromatic carbocycles. The third-order valence-electron chi connectivity index (χ3n) is 3.75. The van der Waals surface area contributed by atoms with Crippen molar-refractivity contribution in [2.24, 2.45) is 5.73 Å². The lowest BCUT2D eigenvalue weighted by Crippen LogP contribution is -2.38. The first-order valence-corrected chi connectivity index (χ1v) is 8.29. The molecule has 2 heterocycles. The summed E-state index contributed by atoms with van der Waals surface area (Å²) in [7, 11) is 0. The van der Waals surface area contributed by atoms with Crippen LogP contribution >= 0.6 is 15.9 Å². The van der Waals surface area contributed by atoms with Crippen molar-refractivity contribution in [3.63, 3.8) is 0 Å². The molecule has 21 heavy (non-hydrogen) atoms. The summed E-state index contributed by atoms with van der Waals surface area (Å²) in [6.45, 7) is 5.65. The second-order valence-corrected chi connectivity index (χ2v) is 5.96. The summed E-state index contributed by atoms with van der Waals surface area (Å²) < 4.78 is 7.85. The maximum atomic E-state index is 12.1. The molecule has 0 aliphatic carbocycles. The SMILES string of the molecule is CCn1ncc(N2CCC(OCCCN)CC2)c(Br)c1=O. The smallest absolute Gasteiger partial charge is 0.283 e. The Morgan fingerprint density at radius 3 is 2.81 bits per heavy atom. The highest BCUT2D eigenvalue weighted by Crippen LogP contribution is 2.25. The fourth-order valence-electron chi connectivity index (χ4n) is 2.50. The zero-order valence-electron chi connectivity index (χ0n) is 12.4. The fraction of sp³-hybridized carbons (Fsp3) is 0.714. The van der Waals surface area contributed by atoms with Crippen LogP contribution in [0.3, 0.4) is 0 Å². The Labute approximate surface area is 133 Å². The lowest BCUT2D eigenvalue weighted by atomic mass is 10.1. The van der Waals surface area contributed by atoms with Gasteiger partial charge in [0.1, 0.15) is 4.47 Å². The molecule has 1 saturated heterocycles. The zero-order chi connectivity index (χ0) is 15.2. The molecular formula is C14H23BrN4O2. The van der Waals surface area contributed by atoms with Crippen LogP contribution in [-0.4, -0.2) is 42.1 Å². The molecule has 0 saturated carbocycles. The Hall–Kier alpha value is -0.920. The number of piperidine rings is 1. The van der Waals surface area contributed by atoms with Gasteiger partial charge in [-0.05, 0) is 48.7 Å². The fourth-order valence-corrected chi connectivity index (χ4v) is 3.06. The normalized spacial score (nSPS) is 16.4. The molecular weight excluding hydrogens is 336 g/mol. The highest BCUT2D eigenvalue weighted by molar-refractivity contribution is 9.10. The summed E-state index contributed by atoms with van der Waals surface area (Å²) in [5.41, 5.74) is 6.27. The van der Waals surface area contributed by atoms with Gasteiger partial charge in [-0.25, -0.2) is 4.68 Å². The van der Waals surface area contributed by atoms with Crippen molar-refractivity contribution in [2.75, 3.05) is 31.1 Å². The second-order valence-electron chi connectivity index (χ2n) is 5.16. The van der Waals surface area contributed by atoms with Crippen LogP contribution in [0.15, 0.2) is 15.5 Å². The lowest BCUT2D eigenvalue weighted by molar-refractivity contribution is 0.0366. The monoisotopic (exact) mass is 358 g/mol. The minimum atomic E-state index is -0.0729. The number of hydrogen-bond donors (Lipinski definition) is 1. The minimum Gasteiger partial charge on any atom is -0.378 e. The molecule has 0 amide bonds. The molecule has 0 spiro atoms. The third kappa shape index (κ3) is 4.05. The molecule has 2 N–H and O–H groups in total. The molecule has 1 fully saturated rings. The number of rotatable bonds is 6. The van der Waals surface area contributed by atoms with Gasteiger partial charge in [0.25, 0.3) is 5.56 Å². The van der Waals surface area contributed by atoms with E-state index in [1.54, 1.807) is 6.20 Å². The lowest BCUT2D eigenvalue weighted by Gasteiger charge is -2.33. The Morgan fingerprint density at radius 2 is 2.19 bits per heavy atom. The highest BCUT2D eigenvalue weighted by atomic mass is 79.9. The van der Waals surface area contributed by atoms with Gasteiger partial charge in [-0.2, -0.15) is 5.10 Å². The molecule has 1 aliphatic rings. The number of aromatic nitrogens is 2. The van der Waals surface area contributed by atoms with E-state index in [9.17, 15) is 4.79 Å². The van der Waals surface area contributed by atoms with E-state index in [2.05, 4.69) is 25.9 Å². The van der Waals surface area contributed by atoms with Crippen molar-refractivity contribution in [3.05, 3.63) is 21.0 Å². The Morgan fingerprint density at radius 1 is 1.48 bits per heavy atom. The van der Waals surface area contributed by atoms with Gasteiger partial charge < -0.3 is 15.4 Å². The van der Waals surface area contributed by atoms with Crippen LogP contribution in [0, 0.1) is 0 Å². The van der Waals surface area contributed by atoms with Crippen LogP contribution < -0.4 is 16.2 Å². The van der Waals surface area contributed by atoms with E-state index in [0.29, 0.717) is 23.7 Å². The van der Waals surface area contributed by atoms with Crippen LogP contribution in [0.2, 0.25) is 0 Å². The summed E-state index contributed by atoms with van der Waals surface area (Å²) >= 11 is 3.41. The molecule has 1 aliphatic heterocycles. The number of anilines is 1. The van der Waals surface area contributed by atoms with Crippen molar-refractivity contribution in [1.29, 1.82) is 0 Å². The minimum absolute atomic E-state index is 0.0729. The van der Waals surface area contributed by atoms with E-state index in [-0.39, 0.29) is 5.56 Å². The van der Waals surface area contributed by atoms with Crippen LogP contribution in [0.4, 0.5) is 5.69 Å². The molecule has 118 valence electrons. The van der Waals surface area contributed by atoms with Crippen LogP contribution in [-0.2, 0) is 11.3 Å². The van der Waals surface area contributed by atoms with Crippen LogP contribution in [0.1, 0.15) is 26.2 Å². The van der Waals surface area contributed by atoms with Crippen molar-refractivity contribution in [2.45, 2.75) is 38.8 Å². The largest absolute Gasteiger partial charge is 0.378 e. The van der Waals surface area contributed by atoms with Gasteiger partial charge in [-0.3, -0.25) is 4.79 Å². The molecule has 0 unspecified atom stereocenters. The number of hydrogen-bond acceptors (Lipinski definition) is 5. The number of nitrogens with zero attached hydrogens (tertiary/aromatic N) is 3. The Kier molecular flexibility index (Phi) is 6.20. The van der Waals surface area contributed by atoms with Gasteiger partial charge in [0, 0.05) is 26.2 Å². The van der Waals surface area contributed by atoms with E-state index >= 15 is 0 Å². The molecule has 2 rings (SSSR count). The Balaban J connectivity index is 1.96. The van der Waals surface area contributed by atoms with E-state index in [1.807, 2.05) is 6.92 Å². The first-order chi connectivity index (χ1) is 10.2. The molecule has 0 atom stereocenters. The molecule has 0 radical (unpaired) electrons. The number of nitrogens with two attached hydrogens (primary N) is 1. The number of aryl methyl sites for hydroxylation is 1. The van der Waals surface area contributed by atoms with Gasteiger partial charge >= 0.3 is 0 Å². The quantitative estimate of drug-likeness (QED) is 0.777. The zero-order valence-corrected chi connectivity index (χ0v) is 14.0. The summed E-state index contributed by atoms with van der Waals surface area (Å²) in [4.78, 5) is 14.3. The van der Waals surface area contributed by atoms with E-state index in [1.165, 1.54) is 4.68 Å². The summed E-state index contributed by atoms with van der Waals surface area (Å²) in [5.74, 6) is 0. The predicted molar refractivity (Wildman–Crippen MR) is 86.7 cm³/mol. The molecule has 1 aromatic rings. The van der Waals surface area contributed by atoms with Gasteiger partial charge in [0.05, 0.1) is 18.0 Å². The molecule has 0 bridgehead atoms. The second kappa shape index (κ2) is 7.91. The summed E-state index contributed by atoms with van der Waals surface area (Å²) in [6, 6.07) is 0. The van der Waals surface area contributed by atoms with Gasteiger partial charge in [-0.1, -0.05) is 0 Å². The van der Waals surface area contributed by atoms with Crippen LogP contribution in [0.25, 0.3) is 0 Å². The maximum Gasteiger partial charge on any atom is 0.283 e. The van der Waals surface area contributed by atoms with Crippen molar-refractivity contribution in [1.82, 2.24) is 9.78 Å². The average Bonchev–Trinajstić information content (AvgIpc) is 2.51. The maximum absolute atomic E-state index is 12.1. The molecule has 6 nitrogen and oxygen atoms in total. The topological polar surface area (TPSA) is 73.4 Å². The summed E-state index contributed by atoms with van der Waals surface area (Å²) in [6.07, 6.45) is 4.91. The van der Waals surface area contributed by atoms with E-state index < -0.39 is 0 Å². The number of halogens is 1. The number of ether oxygens (including phenoxy) is 1. The standard InChI is InChI=1S/C14H23BrN4O2/c1-2-19-14(20)13(15)12(10-17-19)18-7-4-11(5-8-18)21-9-3-6-16/h10-11H,2-9,16H2,1H3. The Bertz CT molecular complexity index is 512. The van der Waals surface area contributed by atoms with E-state index in [4.69, 9.17) is 10.5 Å². The highest BCUT2D eigenvalue weighted by Gasteiger charge is 2.22. The van der Waals surface area contributed by atoms with Crippen LogP contribution in [0.5, 0.6) is 0 Å². The third-order valence-corrected chi connectivity index (χ3v) is 4.50. The van der Waals surface area contributed by atoms with Crippen molar-refractivity contribution >= 4 is 21.6 Å². The molecule has 7 heteroatoms. The first kappa shape index (κ1) is 16.5.